The standard InChI is InChI=1S/C15H20BrNOS/c1-11-7-12(2)9-17(8-11)15(18)10-19-14-5-3-13(16)4-6-14/h3-6,11-12H,7-10H2,1-2H3. The summed E-state index contributed by atoms with van der Waals surface area (Å²) >= 11 is 5.04. The van der Waals surface area contributed by atoms with Gasteiger partial charge in [-0.3, -0.25) is 4.79 Å². The lowest BCUT2D eigenvalue weighted by atomic mass is 9.92. The molecule has 1 aliphatic rings. The maximum atomic E-state index is 12.2. The molecule has 2 unspecified atom stereocenters. The van der Waals surface area contributed by atoms with Gasteiger partial charge in [0.2, 0.25) is 5.91 Å². The Labute approximate surface area is 128 Å². The Balaban J connectivity index is 1.85. The van der Waals surface area contributed by atoms with Crippen LogP contribution in [0.1, 0.15) is 20.3 Å². The van der Waals surface area contributed by atoms with Gasteiger partial charge in [-0.05, 0) is 42.5 Å². The second kappa shape index (κ2) is 6.80. The minimum absolute atomic E-state index is 0.270. The molecule has 1 aromatic carbocycles. The summed E-state index contributed by atoms with van der Waals surface area (Å²) in [5.74, 6) is 2.07. The van der Waals surface area contributed by atoms with Gasteiger partial charge in [-0.1, -0.05) is 29.8 Å². The number of halogens is 1. The fourth-order valence-electron chi connectivity index (χ4n) is 2.63. The van der Waals surface area contributed by atoms with Crippen molar-refractivity contribution in [3.05, 3.63) is 28.7 Å². The Morgan fingerprint density at radius 2 is 1.84 bits per heavy atom. The van der Waals surface area contributed by atoms with E-state index >= 15 is 0 Å². The Bertz CT molecular complexity index is 424. The average molecular weight is 342 g/mol. The van der Waals surface area contributed by atoms with E-state index in [0.717, 1.165) is 22.5 Å². The van der Waals surface area contributed by atoms with Crippen LogP contribution in [-0.2, 0) is 4.79 Å². The fraction of sp³-hybridized carbons (Fsp3) is 0.533. The third-order valence-corrected chi connectivity index (χ3v) is 4.92. The van der Waals surface area contributed by atoms with Crippen LogP contribution in [0, 0.1) is 11.8 Å². The van der Waals surface area contributed by atoms with E-state index in [2.05, 4.69) is 29.8 Å². The molecule has 0 spiro atoms. The van der Waals surface area contributed by atoms with Gasteiger partial charge in [0.05, 0.1) is 5.75 Å². The minimum Gasteiger partial charge on any atom is -0.341 e. The first-order chi connectivity index (χ1) is 9.04. The van der Waals surface area contributed by atoms with Crippen LogP contribution in [0.3, 0.4) is 0 Å². The van der Waals surface area contributed by atoms with Gasteiger partial charge in [-0.2, -0.15) is 0 Å². The second-order valence-electron chi connectivity index (χ2n) is 5.49. The van der Waals surface area contributed by atoms with Gasteiger partial charge in [0, 0.05) is 22.5 Å². The molecule has 1 aromatic rings. The summed E-state index contributed by atoms with van der Waals surface area (Å²) in [6, 6.07) is 8.11. The van der Waals surface area contributed by atoms with Gasteiger partial charge in [0.25, 0.3) is 0 Å². The fourth-order valence-corrected chi connectivity index (χ4v) is 3.70. The number of hydrogen-bond donors (Lipinski definition) is 0. The number of hydrogen-bond acceptors (Lipinski definition) is 2. The number of carbonyl (C=O) groups excluding carboxylic acids is 1. The van der Waals surface area contributed by atoms with Crippen molar-refractivity contribution in [3.63, 3.8) is 0 Å². The average Bonchev–Trinajstić information content (AvgIpc) is 2.36. The summed E-state index contributed by atoms with van der Waals surface area (Å²) in [5, 5.41) is 0. The van der Waals surface area contributed by atoms with Crippen LogP contribution in [0.2, 0.25) is 0 Å². The van der Waals surface area contributed by atoms with E-state index in [1.165, 1.54) is 6.42 Å². The number of benzene rings is 1. The number of nitrogens with zero attached hydrogens (tertiary/aromatic N) is 1. The van der Waals surface area contributed by atoms with Crippen LogP contribution in [0.25, 0.3) is 0 Å². The highest BCUT2D eigenvalue weighted by Gasteiger charge is 2.25. The summed E-state index contributed by atoms with van der Waals surface area (Å²) in [6.45, 7) is 6.31. The molecule has 2 nitrogen and oxygen atoms in total. The summed E-state index contributed by atoms with van der Waals surface area (Å²) in [6.07, 6.45) is 1.24. The summed E-state index contributed by atoms with van der Waals surface area (Å²) < 4.78 is 1.07. The zero-order valence-electron chi connectivity index (χ0n) is 11.4. The molecule has 1 aliphatic heterocycles. The monoisotopic (exact) mass is 341 g/mol. The van der Waals surface area contributed by atoms with Crippen LogP contribution >= 0.6 is 27.7 Å². The molecule has 0 bridgehead atoms. The summed E-state index contributed by atoms with van der Waals surface area (Å²) in [7, 11) is 0. The van der Waals surface area contributed by atoms with E-state index < -0.39 is 0 Å². The minimum atomic E-state index is 0.270. The van der Waals surface area contributed by atoms with Crippen molar-refractivity contribution in [2.45, 2.75) is 25.2 Å². The lowest BCUT2D eigenvalue weighted by molar-refractivity contribution is -0.130. The number of thioether (sulfide) groups is 1. The van der Waals surface area contributed by atoms with E-state index in [-0.39, 0.29) is 5.91 Å². The molecule has 1 fully saturated rings. The quantitative estimate of drug-likeness (QED) is 0.773. The summed E-state index contributed by atoms with van der Waals surface area (Å²) in [4.78, 5) is 15.4. The largest absolute Gasteiger partial charge is 0.341 e. The predicted octanol–water partition coefficient (Wildman–Crippen LogP) is 4.05. The molecule has 2 rings (SSSR count). The molecular formula is C15H20BrNOS. The number of amides is 1. The molecule has 0 radical (unpaired) electrons. The van der Waals surface area contributed by atoms with Crippen LogP contribution < -0.4 is 0 Å². The molecule has 0 aliphatic carbocycles. The van der Waals surface area contributed by atoms with Crippen molar-refractivity contribution in [3.8, 4) is 0 Å². The zero-order chi connectivity index (χ0) is 13.8. The van der Waals surface area contributed by atoms with Crippen molar-refractivity contribution in [2.24, 2.45) is 11.8 Å². The maximum absolute atomic E-state index is 12.2. The molecule has 1 saturated heterocycles. The first-order valence-electron chi connectivity index (χ1n) is 6.70. The normalized spacial score (nSPS) is 23.4. The van der Waals surface area contributed by atoms with E-state index in [9.17, 15) is 4.79 Å². The van der Waals surface area contributed by atoms with Crippen molar-refractivity contribution >= 4 is 33.6 Å². The molecule has 19 heavy (non-hydrogen) atoms. The van der Waals surface area contributed by atoms with Crippen LogP contribution in [0.4, 0.5) is 0 Å². The zero-order valence-corrected chi connectivity index (χ0v) is 13.8. The predicted molar refractivity (Wildman–Crippen MR) is 84.4 cm³/mol. The molecule has 1 heterocycles. The third kappa shape index (κ3) is 4.53. The van der Waals surface area contributed by atoms with E-state index in [4.69, 9.17) is 0 Å². The van der Waals surface area contributed by atoms with Crippen molar-refractivity contribution in [1.82, 2.24) is 4.90 Å². The number of likely N-dealkylation sites (tertiary alicyclic amines) is 1. The molecule has 2 atom stereocenters. The Morgan fingerprint density at radius 1 is 1.26 bits per heavy atom. The van der Waals surface area contributed by atoms with E-state index in [1.807, 2.05) is 29.2 Å². The number of piperidine rings is 1. The molecular weight excluding hydrogens is 322 g/mol. The van der Waals surface area contributed by atoms with Gasteiger partial charge in [0.1, 0.15) is 0 Å². The third-order valence-electron chi connectivity index (χ3n) is 3.40. The topological polar surface area (TPSA) is 20.3 Å². The molecule has 0 N–H and O–H groups in total. The SMILES string of the molecule is CC1CC(C)CN(C(=O)CSc2ccc(Br)cc2)C1. The van der Waals surface area contributed by atoms with Crippen LogP contribution in [0.15, 0.2) is 33.6 Å². The molecule has 104 valence electrons. The van der Waals surface area contributed by atoms with Crippen molar-refractivity contribution in [2.75, 3.05) is 18.8 Å². The van der Waals surface area contributed by atoms with Gasteiger partial charge in [-0.25, -0.2) is 0 Å². The second-order valence-corrected chi connectivity index (χ2v) is 7.45. The molecule has 4 heteroatoms. The molecule has 0 saturated carbocycles. The Morgan fingerprint density at radius 3 is 2.42 bits per heavy atom. The Kier molecular flexibility index (Phi) is 5.34. The van der Waals surface area contributed by atoms with E-state index in [0.29, 0.717) is 17.6 Å². The first-order valence-corrected chi connectivity index (χ1v) is 8.48. The van der Waals surface area contributed by atoms with Crippen molar-refractivity contribution < 1.29 is 4.79 Å². The van der Waals surface area contributed by atoms with Gasteiger partial charge < -0.3 is 4.90 Å². The number of rotatable bonds is 3. The Hall–Kier alpha value is -0.480. The van der Waals surface area contributed by atoms with Gasteiger partial charge in [0.15, 0.2) is 0 Å². The molecule has 1 amide bonds. The van der Waals surface area contributed by atoms with E-state index in [1.54, 1.807) is 11.8 Å². The highest BCUT2D eigenvalue weighted by Crippen LogP contribution is 2.24. The van der Waals surface area contributed by atoms with Crippen LogP contribution in [0.5, 0.6) is 0 Å². The highest BCUT2D eigenvalue weighted by molar-refractivity contribution is 9.10. The van der Waals surface area contributed by atoms with Crippen LogP contribution in [-0.4, -0.2) is 29.6 Å². The van der Waals surface area contributed by atoms with Crippen molar-refractivity contribution in [1.29, 1.82) is 0 Å². The molecule has 0 aromatic heterocycles. The highest BCUT2D eigenvalue weighted by atomic mass is 79.9. The van der Waals surface area contributed by atoms with Gasteiger partial charge in [-0.15, -0.1) is 11.8 Å². The number of carbonyl (C=O) groups is 1. The summed E-state index contributed by atoms with van der Waals surface area (Å²) in [5.41, 5.74) is 0. The lowest BCUT2D eigenvalue weighted by Gasteiger charge is -2.35. The lowest BCUT2D eigenvalue weighted by Crippen LogP contribution is -2.43. The van der Waals surface area contributed by atoms with Gasteiger partial charge >= 0.3 is 0 Å². The smallest absolute Gasteiger partial charge is 0.232 e. The first kappa shape index (κ1) is 14.9. The maximum Gasteiger partial charge on any atom is 0.232 e.